The Balaban J connectivity index is 2.50. The lowest BCUT2D eigenvalue weighted by Gasteiger charge is -2.23. The van der Waals surface area contributed by atoms with Crippen molar-refractivity contribution in [2.75, 3.05) is 13.3 Å². The van der Waals surface area contributed by atoms with Gasteiger partial charge in [-0.1, -0.05) is 12.1 Å². The van der Waals surface area contributed by atoms with E-state index in [0.717, 1.165) is 6.66 Å². The van der Waals surface area contributed by atoms with Gasteiger partial charge in [0.25, 0.3) is 12.9 Å². The highest BCUT2D eigenvalue weighted by molar-refractivity contribution is 7.59. The van der Waals surface area contributed by atoms with Gasteiger partial charge in [-0.15, -0.1) is 0 Å². The third-order valence-electron chi connectivity index (χ3n) is 3.40. The average molecular weight is 330 g/mol. The van der Waals surface area contributed by atoms with E-state index in [9.17, 15) is 18.1 Å². The Morgan fingerprint density at radius 1 is 1.36 bits per heavy atom. The molecule has 2 aromatic rings. The summed E-state index contributed by atoms with van der Waals surface area (Å²) in [4.78, 5) is 16.2. The fourth-order valence-corrected chi connectivity index (χ4v) is 3.26. The van der Waals surface area contributed by atoms with Crippen LogP contribution in [0.5, 0.6) is 0 Å². The molecule has 0 aliphatic rings. The first-order chi connectivity index (χ1) is 10.2. The zero-order chi connectivity index (χ0) is 16.5. The summed E-state index contributed by atoms with van der Waals surface area (Å²) in [5, 5.41) is 0. The van der Waals surface area contributed by atoms with Gasteiger partial charge in [0.2, 0.25) is 0 Å². The van der Waals surface area contributed by atoms with Crippen LogP contribution in [-0.4, -0.2) is 28.5 Å². The number of para-hydroxylation sites is 2. The molecule has 0 saturated heterocycles. The summed E-state index contributed by atoms with van der Waals surface area (Å²) in [7, 11) is -2.69. The highest BCUT2D eigenvalue weighted by atomic mass is 31.2. The Morgan fingerprint density at radius 3 is 2.64 bits per heavy atom. The zero-order valence-electron chi connectivity index (χ0n) is 12.5. The summed E-state index contributed by atoms with van der Waals surface area (Å²) in [6, 6.07) is 6.74. The highest BCUT2D eigenvalue weighted by Gasteiger charge is 2.48. The molecule has 1 heterocycles. The van der Waals surface area contributed by atoms with E-state index < -0.39 is 25.0 Å². The summed E-state index contributed by atoms with van der Waals surface area (Å²) in [6.07, 6.45) is -1.02. The van der Waals surface area contributed by atoms with Gasteiger partial charge in [0.15, 0.2) is 0 Å². The van der Waals surface area contributed by atoms with Crippen LogP contribution in [0.1, 0.15) is 12.6 Å². The van der Waals surface area contributed by atoms with Gasteiger partial charge in [-0.2, -0.15) is 8.78 Å². The molecule has 0 fully saturated rings. The van der Waals surface area contributed by atoms with Crippen molar-refractivity contribution in [3.05, 3.63) is 40.3 Å². The topological polar surface area (TPSA) is 61.2 Å². The molecule has 5 nitrogen and oxygen atoms in total. The number of aromatic nitrogens is 2. The van der Waals surface area contributed by atoms with Crippen molar-refractivity contribution < 1.29 is 17.9 Å². The van der Waals surface area contributed by atoms with Gasteiger partial charge in [-0.25, -0.2) is 4.98 Å². The van der Waals surface area contributed by atoms with Crippen LogP contribution in [-0.2, 0) is 22.6 Å². The van der Waals surface area contributed by atoms with E-state index in [4.69, 9.17) is 4.52 Å². The minimum atomic E-state index is -4.18. The van der Waals surface area contributed by atoms with E-state index in [1.165, 1.54) is 18.5 Å². The number of nitrogens with zero attached hydrogens (tertiary/aromatic N) is 2. The van der Waals surface area contributed by atoms with Crippen LogP contribution in [0.4, 0.5) is 8.78 Å². The monoisotopic (exact) mass is 330 g/mol. The van der Waals surface area contributed by atoms with Crippen LogP contribution in [0.2, 0.25) is 0 Å². The van der Waals surface area contributed by atoms with E-state index in [2.05, 4.69) is 4.98 Å². The van der Waals surface area contributed by atoms with Crippen LogP contribution < -0.4 is 5.56 Å². The molecule has 0 spiro atoms. The number of alkyl halides is 2. The molecule has 0 bridgehead atoms. The quantitative estimate of drug-likeness (QED) is 0.791. The maximum atomic E-state index is 14.2. The first-order valence-corrected chi connectivity index (χ1v) is 8.81. The lowest BCUT2D eigenvalue weighted by molar-refractivity contribution is 0.0696. The summed E-state index contributed by atoms with van der Waals surface area (Å²) < 4.78 is 46.4. The molecule has 0 saturated carbocycles. The Bertz CT molecular complexity index is 804. The second-order valence-corrected chi connectivity index (χ2v) is 7.62. The van der Waals surface area contributed by atoms with E-state index in [1.807, 2.05) is 0 Å². The van der Waals surface area contributed by atoms with Crippen LogP contribution >= 0.6 is 7.37 Å². The van der Waals surface area contributed by atoms with Crippen molar-refractivity contribution >= 4 is 18.4 Å². The Morgan fingerprint density at radius 2 is 2.00 bits per heavy atom. The molecule has 0 amide bonds. The maximum absolute atomic E-state index is 14.2. The van der Waals surface area contributed by atoms with E-state index in [1.54, 1.807) is 24.3 Å². The molecule has 2 rings (SSSR count). The minimum absolute atomic E-state index is 0.0907. The van der Waals surface area contributed by atoms with Crippen molar-refractivity contribution in [2.45, 2.75) is 19.0 Å². The predicted molar refractivity (Wildman–Crippen MR) is 80.8 cm³/mol. The molecule has 22 heavy (non-hydrogen) atoms. The summed E-state index contributed by atoms with van der Waals surface area (Å²) in [6.45, 7) is 2.27. The Labute approximate surface area is 126 Å². The molecule has 0 radical (unpaired) electrons. The van der Waals surface area contributed by atoms with Gasteiger partial charge in [0.05, 0.1) is 24.1 Å². The third kappa shape index (κ3) is 2.96. The number of aryl methyl sites for hydroxylation is 1. The average Bonchev–Trinajstić information content (AvgIpc) is 2.44. The van der Waals surface area contributed by atoms with Gasteiger partial charge < -0.3 is 9.09 Å². The number of hydrogen-bond donors (Lipinski definition) is 0. The van der Waals surface area contributed by atoms with Crippen LogP contribution in [0, 0.1) is 0 Å². The standard InChI is InChI=1S/C14H17F2N2O3P/c1-4-21-22(3,20)14(15,16)9-11-13(19)18(2)12-8-6-5-7-10(12)17-11/h5-8H,4,9H2,1-3H3. The van der Waals surface area contributed by atoms with Crippen molar-refractivity contribution in [1.82, 2.24) is 9.55 Å². The molecular formula is C14H17F2N2O3P. The number of fused-ring (bicyclic) bond motifs is 1. The molecule has 8 heteroatoms. The maximum Gasteiger partial charge on any atom is 0.327 e. The SMILES string of the molecule is CCOP(C)(=O)C(F)(F)Cc1nc2ccccc2n(C)c1=O. The van der Waals surface area contributed by atoms with Crippen molar-refractivity contribution in [3.8, 4) is 0 Å². The fraction of sp³-hybridized carbons (Fsp3) is 0.429. The van der Waals surface area contributed by atoms with Gasteiger partial charge in [-0.3, -0.25) is 9.36 Å². The number of hydrogen-bond acceptors (Lipinski definition) is 4. The second kappa shape index (κ2) is 5.89. The van der Waals surface area contributed by atoms with Crippen LogP contribution in [0.3, 0.4) is 0 Å². The summed E-state index contributed by atoms with van der Waals surface area (Å²) in [5.74, 6) is 0. The van der Waals surface area contributed by atoms with Crippen molar-refractivity contribution in [2.24, 2.45) is 7.05 Å². The predicted octanol–water partition coefficient (Wildman–Crippen LogP) is 3.01. The molecule has 1 unspecified atom stereocenters. The molecule has 120 valence electrons. The van der Waals surface area contributed by atoms with Crippen molar-refractivity contribution in [3.63, 3.8) is 0 Å². The van der Waals surface area contributed by atoms with Crippen molar-refractivity contribution in [1.29, 1.82) is 0 Å². The van der Waals surface area contributed by atoms with E-state index >= 15 is 0 Å². The third-order valence-corrected chi connectivity index (χ3v) is 5.50. The van der Waals surface area contributed by atoms with Gasteiger partial charge in [-0.05, 0) is 19.1 Å². The van der Waals surface area contributed by atoms with Crippen LogP contribution in [0.25, 0.3) is 11.0 Å². The van der Waals surface area contributed by atoms with Gasteiger partial charge in [0, 0.05) is 13.7 Å². The fourth-order valence-electron chi connectivity index (χ4n) is 2.14. The molecule has 1 atom stereocenters. The Hall–Kier alpha value is -1.59. The number of halogens is 2. The highest BCUT2D eigenvalue weighted by Crippen LogP contribution is 2.58. The van der Waals surface area contributed by atoms with Crippen LogP contribution in [0.15, 0.2) is 29.1 Å². The first-order valence-electron chi connectivity index (χ1n) is 6.74. The van der Waals surface area contributed by atoms with Gasteiger partial charge >= 0.3 is 5.66 Å². The lowest BCUT2D eigenvalue weighted by Crippen LogP contribution is -2.30. The molecule has 0 aliphatic heterocycles. The van der Waals surface area contributed by atoms with E-state index in [0.29, 0.717) is 11.0 Å². The summed E-state index contributed by atoms with van der Waals surface area (Å²) >= 11 is 0. The number of rotatable bonds is 5. The number of benzene rings is 1. The first kappa shape index (κ1) is 16.8. The largest absolute Gasteiger partial charge is 0.327 e. The smallest absolute Gasteiger partial charge is 0.325 e. The molecular weight excluding hydrogens is 313 g/mol. The molecule has 0 aliphatic carbocycles. The zero-order valence-corrected chi connectivity index (χ0v) is 13.4. The summed E-state index contributed by atoms with van der Waals surface area (Å²) in [5.41, 5.74) is -3.63. The molecule has 1 aromatic carbocycles. The van der Waals surface area contributed by atoms with E-state index in [-0.39, 0.29) is 12.3 Å². The molecule has 0 N–H and O–H groups in total. The minimum Gasteiger partial charge on any atom is -0.325 e. The van der Waals surface area contributed by atoms with Gasteiger partial charge in [0.1, 0.15) is 5.69 Å². The Kier molecular flexibility index (Phi) is 4.49. The normalized spacial score (nSPS) is 15.0. The molecule has 1 aromatic heterocycles. The second-order valence-electron chi connectivity index (χ2n) is 5.02. The lowest BCUT2D eigenvalue weighted by atomic mass is 10.2.